The smallest absolute Gasteiger partial charge is 0.262 e. The van der Waals surface area contributed by atoms with Crippen LogP contribution in [0.15, 0.2) is 60.7 Å². The van der Waals surface area contributed by atoms with Crippen molar-refractivity contribution in [1.29, 1.82) is 0 Å². The molecule has 282 valence electrons. The van der Waals surface area contributed by atoms with Crippen LogP contribution in [-0.2, 0) is 9.59 Å². The number of carbonyl (C=O) groups is 5. The van der Waals surface area contributed by atoms with Crippen molar-refractivity contribution in [1.82, 2.24) is 20.0 Å². The van der Waals surface area contributed by atoms with E-state index >= 15 is 0 Å². The van der Waals surface area contributed by atoms with Gasteiger partial charge in [-0.15, -0.1) is 0 Å². The first-order chi connectivity index (χ1) is 26.6. The van der Waals surface area contributed by atoms with E-state index in [2.05, 4.69) is 41.9 Å². The van der Waals surface area contributed by atoms with Crippen LogP contribution in [0.4, 0.5) is 22.7 Å². The third-order valence-electron chi connectivity index (χ3n) is 12.5. The van der Waals surface area contributed by atoms with Gasteiger partial charge in [-0.2, -0.15) is 0 Å². The van der Waals surface area contributed by atoms with Crippen molar-refractivity contribution in [2.24, 2.45) is 5.41 Å². The third-order valence-corrected chi connectivity index (χ3v) is 12.8. The number of benzene rings is 3. The number of carbonyl (C=O) groups excluding carboxylic acids is 5. The fraction of sp³-hybridized carbons (Fsp3) is 0.415. The summed E-state index contributed by atoms with van der Waals surface area (Å²) in [5.74, 6) is -1.91. The molecule has 6 aliphatic heterocycles. The van der Waals surface area contributed by atoms with E-state index in [1.54, 1.807) is 18.2 Å². The zero-order chi connectivity index (χ0) is 38.0. The molecule has 0 aromatic heterocycles. The number of fused-ring (bicyclic) bond motifs is 1. The van der Waals surface area contributed by atoms with E-state index in [-0.39, 0.29) is 29.7 Å². The zero-order valence-electron chi connectivity index (χ0n) is 30.4. The molecule has 14 heteroatoms. The second kappa shape index (κ2) is 13.7. The van der Waals surface area contributed by atoms with Crippen LogP contribution < -0.4 is 20.0 Å². The SMILES string of the molecule is [C-]#[N+]c1ccc(N2CCC3(CCN(C(=O)c4ccc(N5CCN(C6CN(c7ccc8c(c7)C(=O)N(C7CCC(=O)NC7=O)C8=O)C6)CC5)cc4)C3)C2)cc1Cl. The second-order valence-electron chi connectivity index (χ2n) is 15.7. The molecule has 0 saturated carbocycles. The lowest BCUT2D eigenvalue weighted by atomic mass is 9.86. The Morgan fingerprint density at radius 3 is 2.18 bits per heavy atom. The molecule has 5 fully saturated rings. The van der Waals surface area contributed by atoms with Gasteiger partial charge in [0.05, 0.1) is 17.7 Å². The number of hydrogen-bond acceptors (Lipinski definition) is 9. The normalized spacial score (nSPS) is 24.4. The van der Waals surface area contributed by atoms with Crippen molar-refractivity contribution < 1.29 is 24.0 Å². The molecular weight excluding hydrogens is 720 g/mol. The second-order valence-corrected chi connectivity index (χ2v) is 16.1. The number of hydrogen-bond donors (Lipinski definition) is 1. The van der Waals surface area contributed by atoms with Crippen molar-refractivity contribution in [2.45, 2.75) is 37.8 Å². The lowest BCUT2D eigenvalue weighted by molar-refractivity contribution is -0.136. The Labute approximate surface area is 324 Å². The van der Waals surface area contributed by atoms with Crippen LogP contribution >= 0.6 is 11.6 Å². The van der Waals surface area contributed by atoms with Crippen molar-refractivity contribution in [3.05, 3.63) is 93.8 Å². The highest BCUT2D eigenvalue weighted by Gasteiger charge is 2.46. The predicted octanol–water partition coefficient (Wildman–Crippen LogP) is 4.05. The summed E-state index contributed by atoms with van der Waals surface area (Å²) in [6.45, 7) is 15.8. The summed E-state index contributed by atoms with van der Waals surface area (Å²) >= 11 is 6.32. The molecule has 3 aromatic rings. The first-order valence-corrected chi connectivity index (χ1v) is 19.4. The average Bonchev–Trinajstić information content (AvgIpc) is 3.87. The minimum atomic E-state index is -0.974. The molecule has 0 radical (unpaired) electrons. The molecule has 0 aliphatic carbocycles. The quantitative estimate of drug-likeness (QED) is 0.293. The first-order valence-electron chi connectivity index (χ1n) is 19.0. The standard InChI is InChI=1S/C41H41ClN8O5/c1-43-34-9-7-29(21-33(34)42)47-14-12-41(24-47)13-15-48(25-41)38(53)26-2-4-27(5-3-26)45-16-18-46(19-17-45)30-22-49(23-30)28-6-8-31-32(20-28)40(55)50(39(31)54)35-10-11-36(51)44-37(35)52/h2-9,20-21,30,35H,10-19,22-25H2,(H,44,51,52). The van der Waals surface area contributed by atoms with Crippen molar-refractivity contribution in [3.8, 4) is 0 Å². The number of piperidine rings is 1. The van der Waals surface area contributed by atoms with Crippen LogP contribution in [0.25, 0.3) is 4.85 Å². The molecule has 55 heavy (non-hydrogen) atoms. The van der Waals surface area contributed by atoms with E-state index in [0.717, 1.165) is 100 Å². The largest absolute Gasteiger partial charge is 0.371 e. The Morgan fingerprint density at radius 1 is 0.764 bits per heavy atom. The number of imide groups is 2. The fourth-order valence-corrected chi connectivity index (χ4v) is 9.49. The summed E-state index contributed by atoms with van der Waals surface area (Å²) in [5, 5.41) is 2.72. The van der Waals surface area contributed by atoms with E-state index < -0.39 is 29.7 Å². The van der Waals surface area contributed by atoms with E-state index in [1.807, 2.05) is 35.2 Å². The first kappa shape index (κ1) is 35.3. The van der Waals surface area contributed by atoms with Crippen molar-refractivity contribution >= 4 is 63.9 Å². The number of likely N-dealkylation sites (tertiary alicyclic amines) is 1. The van der Waals surface area contributed by atoms with Gasteiger partial charge in [0.15, 0.2) is 0 Å². The monoisotopic (exact) mass is 760 g/mol. The molecule has 2 atom stereocenters. The molecule has 3 aromatic carbocycles. The molecule has 6 aliphatic rings. The summed E-state index contributed by atoms with van der Waals surface area (Å²) < 4.78 is 0. The van der Waals surface area contributed by atoms with Gasteiger partial charge in [-0.3, -0.25) is 39.1 Å². The minimum Gasteiger partial charge on any atom is -0.371 e. The fourth-order valence-electron chi connectivity index (χ4n) is 9.28. The van der Waals surface area contributed by atoms with Gasteiger partial charge in [-0.25, -0.2) is 4.85 Å². The van der Waals surface area contributed by atoms with Gasteiger partial charge >= 0.3 is 0 Å². The van der Waals surface area contributed by atoms with Gasteiger partial charge in [0, 0.05) is 111 Å². The summed E-state index contributed by atoms with van der Waals surface area (Å²) in [6, 6.07) is 18.4. The molecule has 6 heterocycles. The van der Waals surface area contributed by atoms with Gasteiger partial charge in [-0.1, -0.05) is 17.7 Å². The van der Waals surface area contributed by atoms with Crippen LogP contribution in [-0.4, -0.2) is 122 Å². The molecule has 1 spiro atoms. The lowest BCUT2D eigenvalue weighted by Crippen LogP contribution is -2.63. The Morgan fingerprint density at radius 2 is 1.45 bits per heavy atom. The maximum atomic E-state index is 13.6. The van der Waals surface area contributed by atoms with Gasteiger partial charge < -0.3 is 19.6 Å². The highest BCUT2D eigenvalue weighted by atomic mass is 35.5. The molecule has 5 saturated heterocycles. The van der Waals surface area contributed by atoms with Gasteiger partial charge in [-0.05, 0) is 73.9 Å². The lowest BCUT2D eigenvalue weighted by Gasteiger charge is -2.49. The van der Waals surface area contributed by atoms with Gasteiger partial charge in [0.1, 0.15) is 6.04 Å². The number of halogens is 1. The summed E-state index contributed by atoms with van der Waals surface area (Å²) in [7, 11) is 0. The van der Waals surface area contributed by atoms with Gasteiger partial charge in [0.2, 0.25) is 17.5 Å². The van der Waals surface area contributed by atoms with Crippen LogP contribution in [0.1, 0.15) is 56.8 Å². The highest BCUT2D eigenvalue weighted by molar-refractivity contribution is 6.33. The number of rotatable bonds is 6. The van der Waals surface area contributed by atoms with Crippen molar-refractivity contribution in [3.63, 3.8) is 0 Å². The van der Waals surface area contributed by atoms with E-state index in [9.17, 15) is 24.0 Å². The molecule has 2 unspecified atom stereocenters. The number of nitrogens with zero attached hydrogens (tertiary/aromatic N) is 7. The van der Waals surface area contributed by atoms with Crippen LogP contribution in [0.5, 0.6) is 0 Å². The average molecular weight is 761 g/mol. The van der Waals surface area contributed by atoms with Gasteiger partial charge in [0.25, 0.3) is 17.7 Å². The molecule has 1 N–H and O–H groups in total. The molecule has 9 rings (SSSR count). The van der Waals surface area contributed by atoms with Crippen LogP contribution in [0.2, 0.25) is 5.02 Å². The highest BCUT2D eigenvalue weighted by Crippen LogP contribution is 2.43. The number of nitrogens with one attached hydrogen (secondary N) is 1. The summed E-state index contributed by atoms with van der Waals surface area (Å²) in [4.78, 5) is 79.9. The molecule has 5 amide bonds. The maximum Gasteiger partial charge on any atom is 0.262 e. The van der Waals surface area contributed by atoms with Crippen molar-refractivity contribution in [2.75, 3.05) is 80.1 Å². The molecule has 0 bridgehead atoms. The van der Waals surface area contributed by atoms with Crippen LogP contribution in [0, 0.1) is 12.0 Å². The Hall–Kier alpha value is -5.45. The van der Waals surface area contributed by atoms with E-state index in [1.165, 1.54) is 0 Å². The number of anilines is 3. The zero-order valence-corrected chi connectivity index (χ0v) is 31.1. The third kappa shape index (κ3) is 6.27. The summed E-state index contributed by atoms with van der Waals surface area (Å²) in [6.07, 6.45) is 2.22. The Kier molecular flexibility index (Phi) is 8.78. The number of amides is 5. The molecule has 13 nitrogen and oxygen atoms in total. The number of piperazine rings is 1. The van der Waals surface area contributed by atoms with E-state index in [4.69, 9.17) is 18.2 Å². The summed E-state index contributed by atoms with van der Waals surface area (Å²) in [5.41, 5.74) is 4.85. The maximum absolute atomic E-state index is 13.6. The molecular formula is C41H41ClN8O5. The Balaban J connectivity index is 0.750. The predicted molar refractivity (Wildman–Crippen MR) is 207 cm³/mol. The topological polar surface area (TPSA) is 121 Å². The van der Waals surface area contributed by atoms with Crippen LogP contribution in [0.3, 0.4) is 0 Å². The minimum absolute atomic E-state index is 0.0691. The Bertz CT molecular complexity index is 2160. The van der Waals surface area contributed by atoms with E-state index in [0.29, 0.717) is 27.9 Å².